The van der Waals surface area contributed by atoms with Crippen LogP contribution in [-0.4, -0.2) is 51.7 Å². The van der Waals surface area contributed by atoms with Gasteiger partial charge >= 0.3 is 0 Å². The average molecular weight is 351 g/mol. The van der Waals surface area contributed by atoms with Gasteiger partial charge in [0, 0.05) is 57.4 Å². The molecule has 0 spiro atoms. The average Bonchev–Trinajstić information content (AvgIpc) is 3.01. The lowest BCUT2D eigenvalue weighted by atomic mass is 10.2. The number of halogens is 2. The number of hydrogen-bond donors (Lipinski definition) is 0. The van der Waals surface area contributed by atoms with E-state index in [1.165, 1.54) is 6.07 Å². The van der Waals surface area contributed by atoms with Gasteiger partial charge in [0.05, 0.1) is 11.2 Å². The standard InChI is InChI=1S/C17H20ClFN4O/c18-15-11-20-23(13-15)6-5-17(24)22-9-7-21(8-10-22)12-14-3-1-2-4-16(14)19/h1-4,11,13H,5-10,12H2. The van der Waals surface area contributed by atoms with Crippen molar-refractivity contribution in [1.29, 1.82) is 0 Å². The molecule has 128 valence electrons. The second-order valence-electron chi connectivity index (χ2n) is 5.92. The molecule has 1 aliphatic rings. The Labute approximate surface area is 145 Å². The fraction of sp³-hybridized carbons (Fsp3) is 0.412. The monoisotopic (exact) mass is 350 g/mol. The second-order valence-corrected chi connectivity index (χ2v) is 6.36. The van der Waals surface area contributed by atoms with Crippen LogP contribution in [0.25, 0.3) is 0 Å². The third-order valence-corrected chi connectivity index (χ3v) is 4.43. The van der Waals surface area contributed by atoms with E-state index in [9.17, 15) is 9.18 Å². The third kappa shape index (κ3) is 4.33. The van der Waals surface area contributed by atoms with Crippen molar-refractivity contribution < 1.29 is 9.18 Å². The second kappa shape index (κ2) is 7.77. The molecule has 0 radical (unpaired) electrons. The van der Waals surface area contributed by atoms with Gasteiger partial charge in [-0.15, -0.1) is 0 Å². The molecule has 3 rings (SSSR count). The number of benzene rings is 1. The third-order valence-electron chi connectivity index (χ3n) is 4.23. The van der Waals surface area contributed by atoms with Crippen LogP contribution >= 0.6 is 11.6 Å². The zero-order valence-corrected chi connectivity index (χ0v) is 14.1. The number of carbonyl (C=O) groups excluding carboxylic acids is 1. The van der Waals surface area contributed by atoms with Crippen molar-refractivity contribution >= 4 is 17.5 Å². The largest absolute Gasteiger partial charge is 0.340 e. The highest BCUT2D eigenvalue weighted by atomic mass is 35.5. The highest BCUT2D eigenvalue weighted by molar-refractivity contribution is 6.30. The quantitative estimate of drug-likeness (QED) is 0.831. The molecule has 2 heterocycles. The van der Waals surface area contributed by atoms with Crippen molar-refractivity contribution in [3.05, 3.63) is 53.1 Å². The van der Waals surface area contributed by atoms with E-state index in [-0.39, 0.29) is 11.7 Å². The van der Waals surface area contributed by atoms with Crippen LogP contribution in [0.4, 0.5) is 4.39 Å². The van der Waals surface area contributed by atoms with Crippen molar-refractivity contribution in [2.24, 2.45) is 0 Å². The molecule has 2 aromatic rings. The van der Waals surface area contributed by atoms with E-state index in [0.29, 0.717) is 43.2 Å². The molecular formula is C17H20ClFN4O. The van der Waals surface area contributed by atoms with Crippen LogP contribution in [0.5, 0.6) is 0 Å². The highest BCUT2D eigenvalue weighted by Gasteiger charge is 2.21. The molecule has 24 heavy (non-hydrogen) atoms. The van der Waals surface area contributed by atoms with Crippen molar-refractivity contribution in [2.75, 3.05) is 26.2 Å². The predicted octanol–water partition coefficient (Wildman–Crippen LogP) is 2.41. The molecule has 1 aromatic heterocycles. The normalized spacial score (nSPS) is 15.7. The van der Waals surface area contributed by atoms with E-state index >= 15 is 0 Å². The van der Waals surface area contributed by atoms with Gasteiger partial charge in [-0.1, -0.05) is 29.8 Å². The zero-order chi connectivity index (χ0) is 16.9. The number of nitrogens with zero attached hydrogens (tertiary/aromatic N) is 4. The minimum atomic E-state index is -0.172. The van der Waals surface area contributed by atoms with Crippen molar-refractivity contribution in [2.45, 2.75) is 19.5 Å². The number of rotatable bonds is 5. The Bertz CT molecular complexity index is 697. The first kappa shape index (κ1) is 16.9. The fourth-order valence-corrected chi connectivity index (χ4v) is 3.01. The Hall–Kier alpha value is -1.92. The minimum Gasteiger partial charge on any atom is -0.340 e. The smallest absolute Gasteiger partial charge is 0.224 e. The molecule has 1 amide bonds. The molecule has 1 fully saturated rings. The van der Waals surface area contributed by atoms with Crippen molar-refractivity contribution in [1.82, 2.24) is 19.6 Å². The molecule has 0 unspecified atom stereocenters. The van der Waals surface area contributed by atoms with Gasteiger partial charge in [0.1, 0.15) is 5.82 Å². The maximum absolute atomic E-state index is 13.7. The topological polar surface area (TPSA) is 41.4 Å². The van der Waals surface area contributed by atoms with E-state index in [2.05, 4.69) is 10.00 Å². The zero-order valence-electron chi connectivity index (χ0n) is 13.4. The summed E-state index contributed by atoms with van der Waals surface area (Å²) in [4.78, 5) is 16.3. The first-order valence-electron chi connectivity index (χ1n) is 8.03. The molecule has 1 aromatic carbocycles. The molecular weight excluding hydrogens is 331 g/mol. The molecule has 5 nitrogen and oxygen atoms in total. The summed E-state index contributed by atoms with van der Waals surface area (Å²) in [6, 6.07) is 6.83. The SMILES string of the molecule is O=C(CCn1cc(Cl)cn1)N1CCN(Cc2ccccc2F)CC1. The summed E-state index contributed by atoms with van der Waals surface area (Å²) < 4.78 is 15.4. The Balaban J connectivity index is 1.44. The first-order chi connectivity index (χ1) is 11.6. The molecule has 0 bridgehead atoms. The van der Waals surface area contributed by atoms with Crippen molar-refractivity contribution in [3.63, 3.8) is 0 Å². The summed E-state index contributed by atoms with van der Waals surface area (Å²) in [5.41, 5.74) is 0.702. The van der Waals surface area contributed by atoms with Gasteiger partial charge in [-0.05, 0) is 6.07 Å². The van der Waals surface area contributed by atoms with E-state index in [0.717, 1.165) is 13.1 Å². The van der Waals surface area contributed by atoms with Gasteiger partial charge in [0.2, 0.25) is 5.91 Å². The molecule has 1 aliphatic heterocycles. The lowest BCUT2D eigenvalue weighted by Crippen LogP contribution is -2.48. The predicted molar refractivity (Wildman–Crippen MR) is 90.1 cm³/mol. The summed E-state index contributed by atoms with van der Waals surface area (Å²) >= 11 is 5.81. The Kier molecular flexibility index (Phi) is 5.48. The molecule has 7 heteroatoms. The van der Waals surface area contributed by atoms with Gasteiger partial charge in [-0.3, -0.25) is 14.4 Å². The van der Waals surface area contributed by atoms with E-state index in [4.69, 9.17) is 11.6 Å². The number of carbonyl (C=O) groups is 1. The van der Waals surface area contributed by atoms with Gasteiger partial charge in [-0.25, -0.2) is 4.39 Å². The summed E-state index contributed by atoms with van der Waals surface area (Å²) in [5.74, 6) is -0.0546. The van der Waals surface area contributed by atoms with Crippen LogP contribution in [0, 0.1) is 5.82 Å². The van der Waals surface area contributed by atoms with Crippen LogP contribution in [0.1, 0.15) is 12.0 Å². The molecule has 1 saturated heterocycles. The number of aromatic nitrogens is 2. The Morgan fingerprint density at radius 3 is 2.62 bits per heavy atom. The van der Waals surface area contributed by atoms with Crippen LogP contribution in [-0.2, 0) is 17.9 Å². The van der Waals surface area contributed by atoms with Crippen LogP contribution in [0.3, 0.4) is 0 Å². The Morgan fingerprint density at radius 1 is 1.21 bits per heavy atom. The minimum absolute atomic E-state index is 0.118. The van der Waals surface area contributed by atoms with Crippen molar-refractivity contribution in [3.8, 4) is 0 Å². The lowest BCUT2D eigenvalue weighted by molar-refractivity contribution is -0.133. The number of aryl methyl sites for hydroxylation is 1. The van der Waals surface area contributed by atoms with Gasteiger partial charge in [0.25, 0.3) is 0 Å². The van der Waals surface area contributed by atoms with Gasteiger partial charge in [-0.2, -0.15) is 5.10 Å². The summed E-state index contributed by atoms with van der Waals surface area (Å²) in [7, 11) is 0. The first-order valence-corrected chi connectivity index (χ1v) is 8.41. The van der Waals surface area contributed by atoms with E-state index in [1.807, 2.05) is 17.0 Å². The summed E-state index contributed by atoms with van der Waals surface area (Å²) in [6.07, 6.45) is 3.68. The summed E-state index contributed by atoms with van der Waals surface area (Å²) in [5, 5.41) is 4.64. The lowest BCUT2D eigenvalue weighted by Gasteiger charge is -2.34. The number of hydrogen-bond acceptors (Lipinski definition) is 3. The van der Waals surface area contributed by atoms with Crippen LogP contribution in [0.15, 0.2) is 36.7 Å². The molecule has 0 N–H and O–H groups in total. The molecule has 0 atom stereocenters. The van der Waals surface area contributed by atoms with Gasteiger partial charge in [0.15, 0.2) is 0 Å². The van der Waals surface area contributed by atoms with Gasteiger partial charge < -0.3 is 4.90 Å². The van der Waals surface area contributed by atoms with E-state index < -0.39 is 0 Å². The fourth-order valence-electron chi connectivity index (χ4n) is 2.85. The maximum atomic E-state index is 13.7. The summed E-state index contributed by atoms with van der Waals surface area (Å²) in [6.45, 7) is 3.98. The van der Waals surface area contributed by atoms with Crippen LogP contribution < -0.4 is 0 Å². The Morgan fingerprint density at radius 2 is 1.96 bits per heavy atom. The molecule has 0 aliphatic carbocycles. The maximum Gasteiger partial charge on any atom is 0.224 e. The van der Waals surface area contributed by atoms with E-state index in [1.54, 1.807) is 23.1 Å². The molecule has 0 saturated carbocycles. The highest BCUT2D eigenvalue weighted by Crippen LogP contribution is 2.13. The van der Waals surface area contributed by atoms with Crippen LogP contribution in [0.2, 0.25) is 5.02 Å². The number of piperazine rings is 1. The number of amides is 1.